The molecular formula is C18H20N4OS. The number of H-pyrrole nitrogens is 1. The zero-order valence-electron chi connectivity index (χ0n) is 13.8. The maximum atomic E-state index is 13.0. The molecule has 0 aliphatic carbocycles. The van der Waals surface area contributed by atoms with Crippen molar-refractivity contribution in [2.45, 2.75) is 30.7 Å². The number of para-hydroxylation sites is 1. The lowest BCUT2D eigenvalue weighted by Crippen LogP contribution is -2.37. The number of anilines is 1. The topological polar surface area (TPSA) is 61.9 Å². The molecule has 2 heterocycles. The van der Waals surface area contributed by atoms with Gasteiger partial charge in [0.25, 0.3) is 0 Å². The molecule has 1 amide bonds. The fourth-order valence-corrected chi connectivity index (χ4v) is 3.56. The van der Waals surface area contributed by atoms with Crippen LogP contribution in [-0.2, 0) is 4.79 Å². The lowest BCUT2D eigenvalue weighted by molar-refractivity contribution is -0.118. The number of thioether (sulfide) groups is 1. The van der Waals surface area contributed by atoms with Gasteiger partial charge in [-0.2, -0.15) is 0 Å². The zero-order valence-corrected chi connectivity index (χ0v) is 14.6. The lowest BCUT2D eigenvalue weighted by Gasteiger charge is -2.25. The van der Waals surface area contributed by atoms with Crippen molar-refractivity contribution in [3.8, 4) is 0 Å². The number of nitrogens with one attached hydrogen (secondary N) is 1. The van der Waals surface area contributed by atoms with E-state index >= 15 is 0 Å². The van der Waals surface area contributed by atoms with Gasteiger partial charge in [-0.25, -0.2) is 4.98 Å². The number of carbonyl (C=O) groups excluding carboxylic acids is 1. The molecule has 0 spiro atoms. The molecular weight excluding hydrogens is 320 g/mol. The summed E-state index contributed by atoms with van der Waals surface area (Å²) in [4.78, 5) is 26.7. The quantitative estimate of drug-likeness (QED) is 0.692. The van der Waals surface area contributed by atoms with Crippen molar-refractivity contribution in [1.82, 2.24) is 15.0 Å². The number of pyridine rings is 1. The number of fused-ring (bicyclic) bond motifs is 1. The average molecular weight is 340 g/mol. The zero-order chi connectivity index (χ0) is 16.9. The number of rotatable bonds is 6. The van der Waals surface area contributed by atoms with Crippen LogP contribution in [0, 0.1) is 0 Å². The van der Waals surface area contributed by atoms with Crippen LogP contribution in [0.3, 0.4) is 0 Å². The van der Waals surface area contributed by atoms with Crippen molar-refractivity contribution in [1.29, 1.82) is 0 Å². The summed E-state index contributed by atoms with van der Waals surface area (Å²) in [6.45, 7) is 4.66. The molecule has 0 aliphatic rings. The second-order valence-corrected chi connectivity index (χ2v) is 6.56. The molecule has 5 nitrogen and oxygen atoms in total. The minimum atomic E-state index is -0.182. The predicted octanol–water partition coefficient (Wildman–Crippen LogP) is 3.88. The largest absolute Gasteiger partial charge is 0.332 e. The van der Waals surface area contributed by atoms with E-state index in [-0.39, 0.29) is 11.2 Å². The number of amides is 1. The minimum Gasteiger partial charge on any atom is -0.332 e. The Balaban J connectivity index is 1.80. The number of carbonyl (C=O) groups is 1. The second kappa shape index (κ2) is 7.49. The van der Waals surface area contributed by atoms with Crippen LogP contribution in [0.1, 0.15) is 20.3 Å². The second-order valence-electron chi connectivity index (χ2n) is 5.37. The lowest BCUT2D eigenvalue weighted by atomic mass is 10.2. The maximum Gasteiger partial charge on any atom is 0.240 e. The summed E-state index contributed by atoms with van der Waals surface area (Å²) >= 11 is 1.48. The first-order valence-electron chi connectivity index (χ1n) is 8.05. The molecule has 0 saturated heterocycles. The molecule has 3 aromatic rings. The summed E-state index contributed by atoms with van der Waals surface area (Å²) < 4.78 is 0. The summed E-state index contributed by atoms with van der Waals surface area (Å²) in [5, 5.41) is 0.570. The van der Waals surface area contributed by atoms with Crippen LogP contribution >= 0.6 is 11.8 Å². The first-order valence-corrected chi connectivity index (χ1v) is 8.93. The number of aromatic nitrogens is 3. The maximum absolute atomic E-state index is 13.0. The van der Waals surface area contributed by atoms with Crippen molar-refractivity contribution < 1.29 is 4.79 Å². The van der Waals surface area contributed by atoms with Crippen LogP contribution in [0.4, 0.5) is 5.69 Å². The molecule has 6 heteroatoms. The van der Waals surface area contributed by atoms with Crippen molar-refractivity contribution in [3.63, 3.8) is 0 Å². The Hall–Kier alpha value is -2.34. The van der Waals surface area contributed by atoms with Gasteiger partial charge in [0.1, 0.15) is 0 Å². The van der Waals surface area contributed by atoms with Crippen LogP contribution in [0.2, 0.25) is 0 Å². The van der Waals surface area contributed by atoms with E-state index in [0.29, 0.717) is 6.54 Å². The van der Waals surface area contributed by atoms with Gasteiger partial charge in [-0.05, 0) is 31.5 Å². The summed E-state index contributed by atoms with van der Waals surface area (Å²) in [5.41, 5.74) is 2.68. The van der Waals surface area contributed by atoms with E-state index in [4.69, 9.17) is 0 Å². The third-order valence-electron chi connectivity index (χ3n) is 3.81. The standard InChI is InChI=1S/C18H20N4OS/c1-3-16(17(23)22(4-2)13-8-6-5-7-9-13)24-18-20-14-10-11-19-12-15(14)21-18/h5-12,16H,3-4H2,1-2H3,(H,20,21)/t16-/m1/s1. The molecule has 0 radical (unpaired) electrons. The smallest absolute Gasteiger partial charge is 0.240 e. The van der Waals surface area contributed by atoms with Crippen molar-refractivity contribution in [2.75, 3.05) is 11.4 Å². The number of hydrogen-bond acceptors (Lipinski definition) is 4. The van der Waals surface area contributed by atoms with Crippen molar-refractivity contribution in [3.05, 3.63) is 48.8 Å². The van der Waals surface area contributed by atoms with Gasteiger partial charge >= 0.3 is 0 Å². The number of benzene rings is 1. The van der Waals surface area contributed by atoms with Crippen LogP contribution in [0.15, 0.2) is 53.9 Å². The molecule has 1 N–H and O–H groups in total. The molecule has 0 bridgehead atoms. The molecule has 0 unspecified atom stereocenters. The highest BCUT2D eigenvalue weighted by molar-refractivity contribution is 8.00. The Morgan fingerprint density at radius 2 is 2.04 bits per heavy atom. The van der Waals surface area contributed by atoms with Gasteiger partial charge in [-0.3, -0.25) is 9.78 Å². The summed E-state index contributed by atoms with van der Waals surface area (Å²) in [5.74, 6) is 0.106. The van der Waals surface area contributed by atoms with E-state index in [0.717, 1.165) is 28.3 Å². The normalized spacial score (nSPS) is 12.2. The Bertz CT molecular complexity index is 785. The summed E-state index contributed by atoms with van der Waals surface area (Å²) in [7, 11) is 0. The molecule has 3 rings (SSSR count). The van der Waals surface area contributed by atoms with Gasteiger partial charge < -0.3 is 9.88 Å². The Kier molecular flexibility index (Phi) is 5.15. The monoisotopic (exact) mass is 340 g/mol. The van der Waals surface area contributed by atoms with Crippen LogP contribution in [0.5, 0.6) is 0 Å². The number of imidazole rings is 1. The highest BCUT2D eigenvalue weighted by Gasteiger charge is 2.25. The van der Waals surface area contributed by atoms with Crippen LogP contribution in [0.25, 0.3) is 11.0 Å². The number of nitrogens with zero attached hydrogens (tertiary/aromatic N) is 3. The fraction of sp³-hybridized carbons (Fsp3) is 0.278. The molecule has 0 saturated carbocycles. The van der Waals surface area contributed by atoms with E-state index in [1.807, 2.05) is 55.1 Å². The Morgan fingerprint density at radius 3 is 2.71 bits per heavy atom. The third kappa shape index (κ3) is 3.43. The molecule has 124 valence electrons. The van der Waals surface area contributed by atoms with Crippen molar-refractivity contribution in [2.24, 2.45) is 0 Å². The predicted molar refractivity (Wildman–Crippen MR) is 98.3 cm³/mol. The minimum absolute atomic E-state index is 0.106. The summed E-state index contributed by atoms with van der Waals surface area (Å²) in [6.07, 6.45) is 4.20. The van der Waals surface area contributed by atoms with E-state index < -0.39 is 0 Å². The van der Waals surface area contributed by atoms with Gasteiger partial charge in [0.05, 0.1) is 22.5 Å². The first-order chi connectivity index (χ1) is 11.7. The van der Waals surface area contributed by atoms with Gasteiger partial charge in [0.15, 0.2) is 5.16 Å². The summed E-state index contributed by atoms with van der Waals surface area (Å²) in [6, 6.07) is 11.6. The van der Waals surface area contributed by atoms with E-state index in [9.17, 15) is 4.79 Å². The van der Waals surface area contributed by atoms with Crippen LogP contribution in [-0.4, -0.2) is 32.7 Å². The molecule has 2 aromatic heterocycles. The number of hydrogen-bond donors (Lipinski definition) is 1. The van der Waals surface area contributed by atoms with Crippen LogP contribution < -0.4 is 4.90 Å². The third-order valence-corrected chi connectivity index (χ3v) is 5.05. The average Bonchev–Trinajstić information content (AvgIpc) is 3.03. The highest BCUT2D eigenvalue weighted by atomic mass is 32.2. The van der Waals surface area contributed by atoms with E-state index in [2.05, 4.69) is 15.0 Å². The first kappa shape index (κ1) is 16.5. The molecule has 24 heavy (non-hydrogen) atoms. The SMILES string of the molecule is CC[C@@H](Sc1nc2ccncc2[nH]1)C(=O)N(CC)c1ccccc1. The molecule has 1 aromatic carbocycles. The molecule has 0 fully saturated rings. The number of aromatic amines is 1. The molecule has 0 aliphatic heterocycles. The Morgan fingerprint density at radius 1 is 1.25 bits per heavy atom. The highest BCUT2D eigenvalue weighted by Crippen LogP contribution is 2.28. The van der Waals surface area contributed by atoms with E-state index in [1.54, 1.807) is 12.4 Å². The van der Waals surface area contributed by atoms with E-state index in [1.165, 1.54) is 11.8 Å². The van der Waals surface area contributed by atoms with Gasteiger partial charge in [0.2, 0.25) is 5.91 Å². The van der Waals surface area contributed by atoms with Gasteiger partial charge in [0, 0.05) is 18.4 Å². The fourth-order valence-electron chi connectivity index (χ4n) is 2.58. The van der Waals surface area contributed by atoms with Gasteiger partial charge in [-0.15, -0.1) is 0 Å². The van der Waals surface area contributed by atoms with Gasteiger partial charge in [-0.1, -0.05) is 36.9 Å². The Labute approximate surface area is 145 Å². The van der Waals surface area contributed by atoms with Crippen molar-refractivity contribution >= 4 is 34.4 Å². The molecule has 1 atom stereocenters.